The summed E-state index contributed by atoms with van der Waals surface area (Å²) in [6.45, 7) is 1.82. The van der Waals surface area contributed by atoms with Crippen LogP contribution in [0.25, 0.3) is 0 Å². The molecule has 0 unspecified atom stereocenters. The molecule has 0 aliphatic carbocycles. The van der Waals surface area contributed by atoms with Crippen LogP contribution in [-0.2, 0) is 9.84 Å². The van der Waals surface area contributed by atoms with Crippen LogP contribution in [0, 0.1) is 0 Å². The minimum Gasteiger partial charge on any atom is -0.289 e. The summed E-state index contributed by atoms with van der Waals surface area (Å²) in [4.78, 5) is 12.5. The summed E-state index contributed by atoms with van der Waals surface area (Å²) >= 11 is 5.79. The molecule has 3 nitrogen and oxygen atoms in total. The van der Waals surface area contributed by atoms with Crippen molar-refractivity contribution in [3.05, 3.63) is 64.7 Å². The van der Waals surface area contributed by atoms with Gasteiger partial charge < -0.3 is 0 Å². The van der Waals surface area contributed by atoms with Crippen molar-refractivity contribution in [1.29, 1.82) is 0 Å². The quantitative estimate of drug-likeness (QED) is 0.788. The van der Waals surface area contributed by atoms with E-state index in [4.69, 9.17) is 11.6 Å². The summed E-state index contributed by atoms with van der Waals surface area (Å²) in [5.41, 5.74) is 0.969. The smallest absolute Gasteiger partial charge is 0.193 e. The molecule has 2 aromatic rings. The van der Waals surface area contributed by atoms with Crippen LogP contribution >= 0.6 is 11.6 Å². The molecule has 0 fully saturated rings. The molecule has 2 rings (SSSR count). The van der Waals surface area contributed by atoms with E-state index in [1.165, 1.54) is 12.1 Å². The summed E-state index contributed by atoms with van der Waals surface area (Å²) in [6.07, 6.45) is 0.563. The van der Waals surface area contributed by atoms with Crippen molar-refractivity contribution in [2.24, 2.45) is 0 Å². The SMILES string of the molecule is CCCS(=O)(=O)c1ccc(C(=O)c2ccc(Cl)cc2)cc1. The van der Waals surface area contributed by atoms with Crippen LogP contribution in [0.2, 0.25) is 5.02 Å². The number of carbonyl (C=O) groups excluding carboxylic acids is 1. The van der Waals surface area contributed by atoms with Gasteiger partial charge in [-0.2, -0.15) is 0 Å². The van der Waals surface area contributed by atoms with Gasteiger partial charge >= 0.3 is 0 Å². The van der Waals surface area contributed by atoms with E-state index in [0.29, 0.717) is 22.6 Å². The zero-order valence-electron chi connectivity index (χ0n) is 11.5. The van der Waals surface area contributed by atoms with E-state index in [0.717, 1.165) is 0 Å². The van der Waals surface area contributed by atoms with E-state index >= 15 is 0 Å². The summed E-state index contributed by atoms with van der Waals surface area (Å²) in [5.74, 6) is -0.0524. The van der Waals surface area contributed by atoms with Gasteiger partial charge in [0.2, 0.25) is 0 Å². The Morgan fingerprint density at radius 3 is 1.90 bits per heavy atom. The molecule has 2 aromatic carbocycles. The monoisotopic (exact) mass is 322 g/mol. The maximum absolute atomic E-state index is 12.3. The first-order chi connectivity index (χ1) is 9.94. The summed E-state index contributed by atoms with van der Waals surface area (Å²) in [5, 5.41) is 0.563. The minimum atomic E-state index is -3.25. The number of hydrogen-bond donors (Lipinski definition) is 0. The maximum atomic E-state index is 12.3. The van der Waals surface area contributed by atoms with Gasteiger partial charge in [-0.3, -0.25) is 4.79 Å². The van der Waals surface area contributed by atoms with Crippen molar-refractivity contribution in [3.63, 3.8) is 0 Å². The first-order valence-electron chi connectivity index (χ1n) is 6.57. The van der Waals surface area contributed by atoms with E-state index < -0.39 is 9.84 Å². The average molecular weight is 323 g/mol. The first-order valence-corrected chi connectivity index (χ1v) is 8.60. The van der Waals surface area contributed by atoms with Crippen molar-refractivity contribution >= 4 is 27.2 Å². The largest absolute Gasteiger partial charge is 0.289 e. The van der Waals surface area contributed by atoms with Crippen LogP contribution in [0.4, 0.5) is 0 Å². The van der Waals surface area contributed by atoms with Crippen LogP contribution < -0.4 is 0 Å². The van der Waals surface area contributed by atoms with Gasteiger partial charge in [-0.1, -0.05) is 18.5 Å². The highest BCUT2D eigenvalue weighted by atomic mass is 35.5. The molecular formula is C16H15ClO3S. The molecule has 110 valence electrons. The second kappa shape index (κ2) is 6.41. The Morgan fingerprint density at radius 1 is 0.952 bits per heavy atom. The summed E-state index contributed by atoms with van der Waals surface area (Å²) < 4.78 is 23.8. The number of benzene rings is 2. The molecule has 5 heteroatoms. The number of sulfone groups is 1. The fourth-order valence-electron chi connectivity index (χ4n) is 1.97. The molecule has 0 heterocycles. The number of carbonyl (C=O) groups is 1. The number of rotatable bonds is 5. The topological polar surface area (TPSA) is 51.2 Å². The molecule has 0 saturated carbocycles. The number of ketones is 1. The number of halogens is 1. The maximum Gasteiger partial charge on any atom is 0.193 e. The summed E-state index contributed by atoms with van der Waals surface area (Å²) in [6, 6.07) is 12.6. The Balaban J connectivity index is 2.27. The van der Waals surface area contributed by atoms with Gasteiger partial charge in [-0.15, -0.1) is 0 Å². The lowest BCUT2D eigenvalue weighted by molar-refractivity contribution is 0.103. The lowest BCUT2D eigenvalue weighted by Crippen LogP contribution is -2.07. The predicted octanol–water partition coefficient (Wildman–Crippen LogP) is 3.75. The predicted molar refractivity (Wildman–Crippen MR) is 83.7 cm³/mol. The molecule has 0 atom stereocenters. The molecular weight excluding hydrogens is 308 g/mol. The number of hydrogen-bond acceptors (Lipinski definition) is 3. The molecule has 0 radical (unpaired) electrons. The zero-order chi connectivity index (χ0) is 15.5. The Labute approximate surface area is 129 Å². The van der Waals surface area contributed by atoms with Crippen molar-refractivity contribution in [2.75, 3.05) is 5.75 Å². The third kappa shape index (κ3) is 3.71. The second-order valence-corrected chi connectivity index (χ2v) is 7.22. The molecule has 0 N–H and O–H groups in total. The molecule has 0 saturated heterocycles. The van der Waals surface area contributed by atoms with Gasteiger partial charge in [0.15, 0.2) is 15.6 Å². The van der Waals surface area contributed by atoms with Crippen LogP contribution in [-0.4, -0.2) is 20.0 Å². The highest BCUT2D eigenvalue weighted by molar-refractivity contribution is 7.91. The van der Waals surface area contributed by atoms with E-state index in [1.807, 2.05) is 6.92 Å². The van der Waals surface area contributed by atoms with E-state index in [9.17, 15) is 13.2 Å². The fraction of sp³-hybridized carbons (Fsp3) is 0.188. The van der Waals surface area contributed by atoms with Crippen LogP contribution in [0.5, 0.6) is 0 Å². The average Bonchev–Trinajstić information content (AvgIpc) is 2.47. The van der Waals surface area contributed by atoms with Crippen molar-refractivity contribution in [1.82, 2.24) is 0 Å². The molecule has 0 spiro atoms. The zero-order valence-corrected chi connectivity index (χ0v) is 13.1. The highest BCUT2D eigenvalue weighted by Gasteiger charge is 2.14. The molecule has 0 aliphatic rings. The molecule has 21 heavy (non-hydrogen) atoms. The summed E-state index contributed by atoms with van der Waals surface area (Å²) in [7, 11) is -3.25. The van der Waals surface area contributed by atoms with Crippen molar-refractivity contribution < 1.29 is 13.2 Å². The molecule has 0 amide bonds. The fourth-order valence-corrected chi connectivity index (χ4v) is 3.42. The van der Waals surface area contributed by atoms with Crippen LogP contribution in [0.3, 0.4) is 0 Å². The highest BCUT2D eigenvalue weighted by Crippen LogP contribution is 2.17. The third-order valence-corrected chi connectivity index (χ3v) is 5.24. The Morgan fingerprint density at radius 2 is 1.43 bits per heavy atom. The lowest BCUT2D eigenvalue weighted by atomic mass is 10.0. The van der Waals surface area contributed by atoms with Gasteiger partial charge in [0.25, 0.3) is 0 Å². The van der Waals surface area contributed by atoms with Gasteiger partial charge in [0.05, 0.1) is 10.6 Å². The van der Waals surface area contributed by atoms with Gasteiger partial charge in [-0.05, 0) is 55.0 Å². The molecule has 0 aromatic heterocycles. The second-order valence-electron chi connectivity index (χ2n) is 4.68. The van der Waals surface area contributed by atoms with Gasteiger partial charge in [0.1, 0.15) is 0 Å². The van der Waals surface area contributed by atoms with E-state index in [-0.39, 0.29) is 16.4 Å². The van der Waals surface area contributed by atoms with Crippen molar-refractivity contribution in [3.8, 4) is 0 Å². The first kappa shape index (κ1) is 15.7. The Bertz CT molecular complexity index is 732. The van der Waals surface area contributed by atoms with Crippen LogP contribution in [0.1, 0.15) is 29.3 Å². The van der Waals surface area contributed by atoms with Gasteiger partial charge in [0, 0.05) is 16.1 Å². The van der Waals surface area contributed by atoms with E-state index in [2.05, 4.69) is 0 Å². The Kier molecular flexibility index (Phi) is 4.80. The van der Waals surface area contributed by atoms with Crippen molar-refractivity contribution in [2.45, 2.75) is 18.2 Å². The molecule has 0 bridgehead atoms. The lowest BCUT2D eigenvalue weighted by Gasteiger charge is -2.05. The van der Waals surface area contributed by atoms with E-state index in [1.54, 1.807) is 36.4 Å². The molecule has 0 aliphatic heterocycles. The normalized spacial score (nSPS) is 11.3. The minimum absolute atomic E-state index is 0.109. The van der Waals surface area contributed by atoms with Crippen LogP contribution in [0.15, 0.2) is 53.4 Å². The van der Waals surface area contributed by atoms with Gasteiger partial charge in [-0.25, -0.2) is 8.42 Å². The Hall–Kier alpha value is -1.65. The third-order valence-electron chi connectivity index (χ3n) is 3.05. The standard InChI is InChI=1S/C16H15ClO3S/c1-2-11-21(19,20)15-9-5-13(6-10-15)16(18)12-3-7-14(17)8-4-12/h3-10H,2,11H2,1H3.